The molecule has 0 bridgehead atoms. The van der Waals surface area contributed by atoms with E-state index >= 15 is 0 Å². The quantitative estimate of drug-likeness (QED) is 0.838. The second-order valence-electron chi connectivity index (χ2n) is 4.19. The van der Waals surface area contributed by atoms with Gasteiger partial charge in [-0.25, -0.2) is 0 Å². The van der Waals surface area contributed by atoms with Crippen molar-refractivity contribution >= 4 is 56.4 Å². The van der Waals surface area contributed by atoms with E-state index in [1.807, 2.05) is 0 Å². The van der Waals surface area contributed by atoms with E-state index in [1.54, 1.807) is 0 Å². The van der Waals surface area contributed by atoms with Gasteiger partial charge in [-0.1, -0.05) is 23.2 Å². The normalized spacial score (nSPS) is 15.3. The maximum atomic E-state index is 11.8. The number of nitrogens with zero attached hydrogens (tertiary/aromatic N) is 2. The number of halogens is 2. The van der Waals surface area contributed by atoms with Gasteiger partial charge in [-0.2, -0.15) is 18.5 Å². The zero-order valence-electron chi connectivity index (χ0n) is 10.5. The van der Waals surface area contributed by atoms with Crippen LogP contribution in [0.2, 0.25) is 10.0 Å². The molecule has 0 atom stereocenters. The molecular formula is C11H8Cl2N2O5S. The molecule has 2 rings (SSSR count). The van der Waals surface area contributed by atoms with Gasteiger partial charge in [0, 0.05) is 6.92 Å². The van der Waals surface area contributed by atoms with Gasteiger partial charge in [-0.15, -0.1) is 0 Å². The maximum absolute atomic E-state index is 11.8. The zero-order chi connectivity index (χ0) is 15.9. The van der Waals surface area contributed by atoms with E-state index in [0.29, 0.717) is 0 Å². The van der Waals surface area contributed by atoms with Crippen molar-refractivity contribution in [1.29, 1.82) is 0 Å². The number of anilines is 1. The van der Waals surface area contributed by atoms with E-state index in [0.717, 1.165) is 17.1 Å². The van der Waals surface area contributed by atoms with Crippen molar-refractivity contribution < 1.29 is 22.6 Å². The first-order chi connectivity index (χ1) is 9.61. The predicted molar refractivity (Wildman–Crippen MR) is 76.5 cm³/mol. The van der Waals surface area contributed by atoms with E-state index in [1.165, 1.54) is 6.92 Å². The average Bonchev–Trinajstić information content (AvgIpc) is 2.72. The Bertz CT molecular complexity index is 788. The lowest BCUT2D eigenvalue weighted by atomic mass is 10.2. The van der Waals surface area contributed by atoms with Crippen LogP contribution < -0.4 is 5.01 Å². The fraction of sp³-hybridized carbons (Fsp3) is 0.182. The van der Waals surface area contributed by atoms with Gasteiger partial charge < -0.3 is 0 Å². The number of rotatable bonds is 3. The lowest BCUT2D eigenvalue weighted by Gasteiger charge is -2.14. The van der Waals surface area contributed by atoms with Gasteiger partial charge in [0.1, 0.15) is 10.6 Å². The fourth-order valence-corrected chi connectivity index (χ4v) is 3.02. The highest BCUT2D eigenvalue weighted by Crippen LogP contribution is 2.35. The molecule has 1 aliphatic heterocycles. The highest BCUT2D eigenvalue weighted by atomic mass is 35.5. The minimum Gasteiger partial charge on any atom is -0.293 e. The minimum atomic E-state index is -4.54. The van der Waals surface area contributed by atoms with Crippen LogP contribution in [-0.2, 0) is 19.7 Å². The topological polar surface area (TPSA) is 104 Å². The fourth-order valence-electron chi connectivity index (χ4n) is 1.69. The lowest BCUT2D eigenvalue weighted by molar-refractivity contribution is -0.117. The molecule has 1 aliphatic rings. The Kier molecular flexibility index (Phi) is 4.07. The summed E-state index contributed by atoms with van der Waals surface area (Å²) in [6.45, 7) is 1.27. The Morgan fingerprint density at radius 2 is 1.95 bits per heavy atom. The summed E-state index contributed by atoms with van der Waals surface area (Å²) in [4.78, 5) is 22.5. The van der Waals surface area contributed by atoms with Gasteiger partial charge in [0.2, 0.25) is 0 Å². The molecule has 1 heterocycles. The molecular weight excluding hydrogens is 343 g/mol. The molecule has 0 radical (unpaired) electrons. The van der Waals surface area contributed by atoms with Gasteiger partial charge in [0.05, 0.1) is 22.2 Å². The van der Waals surface area contributed by atoms with Crippen LogP contribution in [0.4, 0.5) is 5.69 Å². The van der Waals surface area contributed by atoms with Crippen LogP contribution in [-0.4, -0.2) is 30.4 Å². The molecule has 1 aromatic rings. The summed E-state index contributed by atoms with van der Waals surface area (Å²) in [6.07, 6.45) is -0.177. The Hall–Kier alpha value is -1.48. The van der Waals surface area contributed by atoms with Crippen LogP contribution in [0.25, 0.3) is 0 Å². The minimum absolute atomic E-state index is 0.0234. The van der Waals surface area contributed by atoms with Gasteiger partial charge in [0.25, 0.3) is 16.0 Å². The van der Waals surface area contributed by atoms with Crippen molar-refractivity contribution in [2.24, 2.45) is 5.10 Å². The number of amides is 1. The summed E-state index contributed by atoms with van der Waals surface area (Å²) in [5.41, 5.74) is 0.0846. The lowest BCUT2D eigenvalue weighted by Crippen LogP contribution is -2.20. The predicted octanol–water partition coefficient (Wildman–Crippen LogP) is 1.92. The molecule has 0 fully saturated rings. The largest absolute Gasteiger partial charge is 0.296 e. The standard InChI is InChI=1S/C11H8Cl2N2O5S/c1-5(16)8-4-11(17)15(14-8)9-2-7(13)10(3-6(9)12)21(18,19)20/h2-3H,4H2,1H3,(H,18,19,20). The number of ketones is 1. The number of Topliss-reactive ketones (excluding diaryl/α,β-unsaturated/α-hetero) is 1. The number of carbonyl (C=O) groups excluding carboxylic acids is 2. The highest BCUT2D eigenvalue weighted by molar-refractivity contribution is 7.86. The number of hydrazone groups is 1. The molecule has 7 nitrogen and oxygen atoms in total. The molecule has 21 heavy (non-hydrogen) atoms. The van der Waals surface area contributed by atoms with Crippen LogP contribution in [0.15, 0.2) is 22.1 Å². The molecule has 0 unspecified atom stereocenters. The Labute approximate surface area is 129 Å². The van der Waals surface area contributed by atoms with Crippen molar-refractivity contribution in [1.82, 2.24) is 0 Å². The van der Waals surface area contributed by atoms with Crippen LogP contribution in [0.3, 0.4) is 0 Å². The van der Waals surface area contributed by atoms with Crippen LogP contribution in [0.1, 0.15) is 13.3 Å². The molecule has 1 N–H and O–H groups in total. The van der Waals surface area contributed by atoms with Crippen molar-refractivity contribution in [3.63, 3.8) is 0 Å². The summed E-state index contributed by atoms with van der Waals surface area (Å²) >= 11 is 11.7. The third-order valence-corrected chi connectivity index (χ3v) is 4.31. The molecule has 112 valence electrons. The number of benzene rings is 1. The molecule has 0 saturated carbocycles. The SMILES string of the molecule is CC(=O)C1=NN(c2cc(Cl)c(S(=O)(=O)O)cc2Cl)C(=O)C1. The van der Waals surface area contributed by atoms with Crippen molar-refractivity contribution in [2.45, 2.75) is 18.2 Å². The summed E-state index contributed by atoms with van der Waals surface area (Å²) in [6, 6.07) is 1.99. The highest BCUT2D eigenvalue weighted by Gasteiger charge is 2.30. The van der Waals surface area contributed by atoms with Gasteiger partial charge in [0.15, 0.2) is 5.78 Å². The van der Waals surface area contributed by atoms with Crippen molar-refractivity contribution in [3.05, 3.63) is 22.2 Å². The third kappa shape index (κ3) is 3.08. The van der Waals surface area contributed by atoms with Gasteiger partial charge in [-0.3, -0.25) is 14.1 Å². The van der Waals surface area contributed by atoms with Gasteiger partial charge >= 0.3 is 0 Å². The first-order valence-electron chi connectivity index (χ1n) is 5.49. The van der Waals surface area contributed by atoms with E-state index in [-0.39, 0.29) is 33.6 Å². The average molecular weight is 351 g/mol. The van der Waals surface area contributed by atoms with Crippen LogP contribution >= 0.6 is 23.2 Å². The van der Waals surface area contributed by atoms with Crippen molar-refractivity contribution in [3.8, 4) is 0 Å². The summed E-state index contributed by atoms with van der Waals surface area (Å²) < 4.78 is 31.2. The van der Waals surface area contributed by atoms with Crippen LogP contribution in [0, 0.1) is 0 Å². The Balaban J connectivity index is 2.54. The monoisotopic (exact) mass is 350 g/mol. The van der Waals surface area contributed by atoms with Gasteiger partial charge in [-0.05, 0) is 12.1 Å². The molecule has 10 heteroatoms. The summed E-state index contributed by atoms with van der Waals surface area (Å²) in [7, 11) is -4.54. The smallest absolute Gasteiger partial charge is 0.293 e. The molecule has 1 amide bonds. The van der Waals surface area contributed by atoms with E-state index in [2.05, 4.69) is 5.10 Å². The van der Waals surface area contributed by atoms with E-state index < -0.39 is 20.9 Å². The second kappa shape index (κ2) is 5.38. The molecule has 0 saturated heterocycles. The van der Waals surface area contributed by atoms with E-state index in [4.69, 9.17) is 27.8 Å². The van der Waals surface area contributed by atoms with E-state index in [9.17, 15) is 18.0 Å². The van der Waals surface area contributed by atoms with Crippen LogP contribution in [0.5, 0.6) is 0 Å². The number of carbonyl (C=O) groups is 2. The first kappa shape index (κ1) is 15.9. The molecule has 0 aromatic heterocycles. The molecule has 1 aromatic carbocycles. The number of hydrogen-bond donors (Lipinski definition) is 1. The summed E-state index contributed by atoms with van der Waals surface area (Å²) in [5.74, 6) is -0.861. The third-order valence-electron chi connectivity index (χ3n) is 2.69. The first-order valence-corrected chi connectivity index (χ1v) is 7.68. The number of hydrogen-bond acceptors (Lipinski definition) is 5. The zero-order valence-corrected chi connectivity index (χ0v) is 12.8. The maximum Gasteiger partial charge on any atom is 0.296 e. The Morgan fingerprint density at radius 1 is 1.33 bits per heavy atom. The molecule has 0 aliphatic carbocycles. The Morgan fingerprint density at radius 3 is 2.43 bits per heavy atom. The van der Waals surface area contributed by atoms with Crippen molar-refractivity contribution in [2.75, 3.05) is 5.01 Å². The summed E-state index contributed by atoms with van der Waals surface area (Å²) in [5, 5.41) is 4.22. The molecule has 0 spiro atoms. The second-order valence-corrected chi connectivity index (χ2v) is 6.40.